The van der Waals surface area contributed by atoms with Crippen molar-refractivity contribution in [1.82, 2.24) is 0 Å². The maximum atomic E-state index is 11.9. The number of aromatic nitrogens is 1. The number of aryl methyl sites for hydroxylation is 1. The van der Waals surface area contributed by atoms with Crippen molar-refractivity contribution in [2.45, 2.75) is 26.2 Å². The molecule has 0 aromatic carbocycles. The maximum absolute atomic E-state index is 11.9. The minimum absolute atomic E-state index is 0.713. The van der Waals surface area contributed by atoms with Gasteiger partial charge in [-0.3, -0.25) is 4.90 Å². The summed E-state index contributed by atoms with van der Waals surface area (Å²) in [5.74, 6) is 0.713. The van der Waals surface area contributed by atoms with Crippen molar-refractivity contribution in [2.24, 2.45) is 0 Å². The fourth-order valence-electron chi connectivity index (χ4n) is 2.33. The Morgan fingerprint density at radius 2 is 1.82 bits per heavy atom. The molecule has 0 saturated carbocycles. The normalized spacial score (nSPS) is 16.1. The average Bonchev–Trinajstić information content (AvgIpc) is 2.33. The Balaban J connectivity index is 2.34. The molecule has 1 aliphatic rings. The largest absolute Gasteiger partial charge is 0.710 e. The van der Waals surface area contributed by atoms with E-state index in [4.69, 9.17) is 0 Å². The van der Waals surface area contributed by atoms with Crippen molar-refractivity contribution in [1.29, 1.82) is 0 Å². The summed E-state index contributed by atoms with van der Waals surface area (Å²) in [6.45, 7) is 4.08. The molecule has 0 atom stereocenters. The molecule has 1 aromatic rings. The lowest BCUT2D eigenvalue weighted by Gasteiger charge is -2.30. The molecule has 0 unspecified atom stereocenters. The van der Waals surface area contributed by atoms with Crippen LogP contribution < -0.4 is 14.5 Å². The van der Waals surface area contributed by atoms with E-state index in [9.17, 15) is 5.21 Å². The minimum Gasteiger partial charge on any atom is -0.710 e. The second-order valence-corrected chi connectivity index (χ2v) is 4.95. The second-order valence-electron chi connectivity index (χ2n) is 4.95. The van der Waals surface area contributed by atoms with Crippen LogP contribution in [0.4, 0.5) is 11.5 Å². The number of piperidine rings is 1. The van der Waals surface area contributed by atoms with Gasteiger partial charge < -0.3 is 10.1 Å². The average molecular weight is 235 g/mol. The van der Waals surface area contributed by atoms with Crippen LogP contribution in [0.1, 0.15) is 25.0 Å². The van der Waals surface area contributed by atoms with E-state index in [0.29, 0.717) is 5.82 Å². The lowest BCUT2D eigenvalue weighted by molar-refractivity contribution is -0.598. The Hall–Kier alpha value is -1.45. The predicted molar refractivity (Wildman–Crippen MR) is 70.5 cm³/mol. The Kier molecular flexibility index (Phi) is 3.41. The Morgan fingerprint density at radius 3 is 2.41 bits per heavy atom. The summed E-state index contributed by atoms with van der Waals surface area (Å²) in [6, 6.07) is 3.98. The zero-order valence-corrected chi connectivity index (χ0v) is 10.9. The zero-order valence-electron chi connectivity index (χ0n) is 10.9. The second kappa shape index (κ2) is 4.82. The highest BCUT2D eigenvalue weighted by Gasteiger charge is 2.16. The molecule has 1 fully saturated rings. The molecule has 0 N–H and O–H groups in total. The monoisotopic (exact) mass is 235 g/mol. The van der Waals surface area contributed by atoms with E-state index in [1.807, 2.05) is 38.1 Å². The summed E-state index contributed by atoms with van der Waals surface area (Å²) in [6.07, 6.45) is 3.83. The van der Waals surface area contributed by atoms with Crippen molar-refractivity contribution in [3.8, 4) is 0 Å². The number of hydrogen-bond donors (Lipinski definition) is 0. The minimum atomic E-state index is 0.713. The van der Waals surface area contributed by atoms with E-state index in [1.165, 1.54) is 24.9 Å². The van der Waals surface area contributed by atoms with Crippen molar-refractivity contribution >= 4 is 11.5 Å². The van der Waals surface area contributed by atoms with E-state index in [0.717, 1.165) is 23.5 Å². The van der Waals surface area contributed by atoms with Gasteiger partial charge in [-0.1, -0.05) is 0 Å². The molecule has 4 nitrogen and oxygen atoms in total. The molecule has 4 heteroatoms. The molecule has 2 heterocycles. The van der Waals surface area contributed by atoms with Gasteiger partial charge in [0.15, 0.2) is 0 Å². The SMILES string of the molecule is Cc1cc(N2CCCCC2)cc(N(C)C)[n+]1[O-]. The molecule has 1 aliphatic heterocycles. The van der Waals surface area contributed by atoms with Crippen molar-refractivity contribution in [3.63, 3.8) is 0 Å². The van der Waals surface area contributed by atoms with E-state index in [1.54, 1.807) is 0 Å². The van der Waals surface area contributed by atoms with Crippen molar-refractivity contribution in [3.05, 3.63) is 23.0 Å². The predicted octanol–water partition coefficient (Wildman–Crippen LogP) is 1.68. The molecule has 1 saturated heterocycles. The van der Waals surface area contributed by atoms with E-state index < -0.39 is 0 Å². The Morgan fingerprint density at radius 1 is 1.18 bits per heavy atom. The number of anilines is 2. The van der Waals surface area contributed by atoms with Crippen molar-refractivity contribution < 1.29 is 4.73 Å². The summed E-state index contributed by atoms with van der Waals surface area (Å²) in [4.78, 5) is 4.25. The fraction of sp³-hybridized carbons (Fsp3) is 0.615. The van der Waals surface area contributed by atoms with Crippen LogP contribution in [0.25, 0.3) is 0 Å². The van der Waals surface area contributed by atoms with Gasteiger partial charge in [0.1, 0.15) is 5.69 Å². The number of pyridine rings is 1. The van der Waals surface area contributed by atoms with Crippen LogP contribution in [0, 0.1) is 12.1 Å². The third-order valence-corrected chi connectivity index (χ3v) is 3.34. The molecule has 0 amide bonds. The summed E-state index contributed by atoms with van der Waals surface area (Å²) >= 11 is 0. The lowest BCUT2D eigenvalue weighted by Crippen LogP contribution is -2.38. The molecule has 0 spiro atoms. The van der Waals surface area contributed by atoms with Crippen LogP contribution in [-0.2, 0) is 0 Å². The van der Waals surface area contributed by atoms with Crippen LogP contribution in [0.3, 0.4) is 0 Å². The summed E-state index contributed by atoms with van der Waals surface area (Å²) in [7, 11) is 3.81. The molecule has 2 rings (SSSR count). The number of hydrogen-bond acceptors (Lipinski definition) is 3. The first kappa shape index (κ1) is 12.0. The first-order valence-corrected chi connectivity index (χ1v) is 6.26. The Bertz CT molecular complexity index is 398. The standard InChI is InChI=1S/C13H21N3O/c1-11-9-12(15-7-5-4-6-8-15)10-13(14(2)3)16(11)17/h9-10H,4-8H2,1-3H3. The molecule has 94 valence electrons. The van der Waals surface area contributed by atoms with Gasteiger partial charge in [-0.25, -0.2) is 4.73 Å². The van der Waals surface area contributed by atoms with Gasteiger partial charge in [-0.05, 0) is 26.2 Å². The van der Waals surface area contributed by atoms with Crippen molar-refractivity contribution in [2.75, 3.05) is 37.0 Å². The number of nitrogens with zero attached hydrogens (tertiary/aromatic N) is 3. The first-order valence-electron chi connectivity index (χ1n) is 6.26. The van der Waals surface area contributed by atoms with Gasteiger partial charge in [0, 0.05) is 24.8 Å². The quantitative estimate of drug-likeness (QED) is 0.577. The van der Waals surface area contributed by atoms with Gasteiger partial charge >= 0.3 is 0 Å². The first-order chi connectivity index (χ1) is 8.09. The molecular weight excluding hydrogens is 214 g/mol. The van der Waals surface area contributed by atoms with Crippen LogP contribution in [0.2, 0.25) is 0 Å². The highest BCUT2D eigenvalue weighted by molar-refractivity contribution is 5.53. The van der Waals surface area contributed by atoms with Crippen LogP contribution >= 0.6 is 0 Å². The highest BCUT2D eigenvalue weighted by Crippen LogP contribution is 2.23. The zero-order chi connectivity index (χ0) is 12.4. The highest BCUT2D eigenvalue weighted by atomic mass is 16.5. The van der Waals surface area contributed by atoms with Gasteiger partial charge in [0.05, 0.1) is 20.2 Å². The molecular formula is C13H21N3O. The third kappa shape index (κ3) is 2.46. The number of rotatable bonds is 2. The van der Waals surface area contributed by atoms with Gasteiger partial charge in [0.2, 0.25) is 0 Å². The molecule has 1 aromatic heterocycles. The van der Waals surface area contributed by atoms with E-state index >= 15 is 0 Å². The van der Waals surface area contributed by atoms with Crippen LogP contribution in [0.15, 0.2) is 12.1 Å². The van der Waals surface area contributed by atoms with Crippen LogP contribution in [0.5, 0.6) is 0 Å². The molecule has 0 aliphatic carbocycles. The lowest BCUT2D eigenvalue weighted by atomic mass is 10.1. The molecule has 0 bridgehead atoms. The molecule has 0 radical (unpaired) electrons. The Labute approximate surface area is 103 Å². The van der Waals surface area contributed by atoms with Crippen LogP contribution in [-0.4, -0.2) is 27.2 Å². The summed E-state index contributed by atoms with van der Waals surface area (Å²) in [5.41, 5.74) is 1.94. The summed E-state index contributed by atoms with van der Waals surface area (Å²) in [5, 5.41) is 11.9. The third-order valence-electron chi connectivity index (χ3n) is 3.34. The smallest absolute Gasteiger partial charge is 0.281 e. The van der Waals surface area contributed by atoms with Gasteiger partial charge in [0.25, 0.3) is 5.82 Å². The van der Waals surface area contributed by atoms with Gasteiger partial charge in [-0.2, -0.15) is 0 Å². The van der Waals surface area contributed by atoms with Gasteiger partial charge in [-0.15, -0.1) is 0 Å². The van der Waals surface area contributed by atoms with E-state index in [-0.39, 0.29) is 0 Å². The summed E-state index contributed by atoms with van der Waals surface area (Å²) < 4.78 is 0.993. The topological polar surface area (TPSA) is 33.4 Å². The fourth-order valence-corrected chi connectivity index (χ4v) is 2.33. The van der Waals surface area contributed by atoms with E-state index in [2.05, 4.69) is 4.90 Å². The molecule has 17 heavy (non-hydrogen) atoms. The maximum Gasteiger partial charge on any atom is 0.281 e.